The van der Waals surface area contributed by atoms with Crippen LogP contribution < -0.4 is 10.1 Å². The van der Waals surface area contributed by atoms with Gasteiger partial charge in [0.2, 0.25) is 0 Å². The van der Waals surface area contributed by atoms with Crippen molar-refractivity contribution in [1.82, 2.24) is 5.32 Å². The van der Waals surface area contributed by atoms with Crippen molar-refractivity contribution in [2.45, 2.75) is 6.54 Å². The van der Waals surface area contributed by atoms with Gasteiger partial charge in [-0.25, -0.2) is 8.78 Å². The van der Waals surface area contributed by atoms with E-state index in [0.717, 1.165) is 17.9 Å². The molecular weight excluding hydrogens is 320 g/mol. The average Bonchev–Trinajstić information content (AvgIpc) is 2.84. The SMILES string of the molecule is Fc1cc(F)c(OCCNCc2ccco2)c(Br)c1. The summed E-state index contributed by atoms with van der Waals surface area (Å²) in [6.45, 7) is 1.36. The zero-order valence-corrected chi connectivity index (χ0v) is 11.5. The van der Waals surface area contributed by atoms with Gasteiger partial charge in [-0.05, 0) is 34.1 Å². The van der Waals surface area contributed by atoms with Crippen LogP contribution >= 0.6 is 15.9 Å². The van der Waals surface area contributed by atoms with E-state index in [1.54, 1.807) is 12.3 Å². The van der Waals surface area contributed by atoms with Gasteiger partial charge >= 0.3 is 0 Å². The fraction of sp³-hybridized carbons (Fsp3) is 0.231. The van der Waals surface area contributed by atoms with E-state index in [-0.39, 0.29) is 16.8 Å². The van der Waals surface area contributed by atoms with Gasteiger partial charge in [-0.3, -0.25) is 0 Å². The molecule has 6 heteroatoms. The molecule has 0 aliphatic rings. The highest BCUT2D eigenvalue weighted by Gasteiger charge is 2.10. The topological polar surface area (TPSA) is 34.4 Å². The molecule has 0 amide bonds. The quantitative estimate of drug-likeness (QED) is 0.823. The molecule has 1 N–H and O–H groups in total. The summed E-state index contributed by atoms with van der Waals surface area (Å²) in [5.41, 5.74) is 0. The maximum Gasteiger partial charge on any atom is 0.169 e. The lowest BCUT2D eigenvalue weighted by molar-refractivity contribution is 0.293. The van der Waals surface area contributed by atoms with Crippen molar-refractivity contribution in [3.8, 4) is 5.75 Å². The maximum atomic E-state index is 13.4. The number of hydrogen-bond donors (Lipinski definition) is 1. The molecule has 0 radical (unpaired) electrons. The first kappa shape index (κ1) is 14.0. The first-order valence-corrected chi connectivity index (χ1v) is 6.46. The van der Waals surface area contributed by atoms with Crippen LogP contribution in [0.3, 0.4) is 0 Å². The monoisotopic (exact) mass is 331 g/mol. The third-order valence-electron chi connectivity index (χ3n) is 2.37. The minimum Gasteiger partial charge on any atom is -0.488 e. The Kier molecular flexibility index (Phi) is 4.93. The molecule has 2 aromatic rings. The highest BCUT2D eigenvalue weighted by atomic mass is 79.9. The number of rotatable bonds is 6. The van der Waals surface area contributed by atoms with Crippen LogP contribution in [0.5, 0.6) is 5.75 Å². The van der Waals surface area contributed by atoms with E-state index in [1.807, 2.05) is 6.07 Å². The first-order valence-electron chi connectivity index (χ1n) is 5.67. The highest BCUT2D eigenvalue weighted by Crippen LogP contribution is 2.28. The van der Waals surface area contributed by atoms with Crippen LogP contribution in [0.15, 0.2) is 39.4 Å². The van der Waals surface area contributed by atoms with Crippen LogP contribution in [0, 0.1) is 11.6 Å². The fourth-order valence-electron chi connectivity index (χ4n) is 1.52. The summed E-state index contributed by atoms with van der Waals surface area (Å²) in [5, 5.41) is 3.08. The third kappa shape index (κ3) is 4.04. The first-order chi connectivity index (χ1) is 9.16. The Balaban J connectivity index is 1.77. The van der Waals surface area contributed by atoms with Crippen molar-refractivity contribution in [2.24, 2.45) is 0 Å². The Morgan fingerprint density at radius 2 is 2.16 bits per heavy atom. The van der Waals surface area contributed by atoms with E-state index in [9.17, 15) is 8.78 Å². The molecule has 0 unspecified atom stereocenters. The molecule has 0 spiro atoms. The predicted molar refractivity (Wildman–Crippen MR) is 70.0 cm³/mol. The Labute approximate surface area is 117 Å². The summed E-state index contributed by atoms with van der Waals surface area (Å²) in [4.78, 5) is 0. The number of halogens is 3. The van der Waals surface area contributed by atoms with Gasteiger partial charge in [-0.1, -0.05) is 0 Å². The van der Waals surface area contributed by atoms with Crippen LogP contribution in [-0.4, -0.2) is 13.2 Å². The van der Waals surface area contributed by atoms with Gasteiger partial charge in [-0.15, -0.1) is 0 Å². The molecule has 0 bridgehead atoms. The molecule has 1 aromatic carbocycles. The largest absolute Gasteiger partial charge is 0.488 e. The van der Waals surface area contributed by atoms with Crippen LogP contribution in [0.1, 0.15) is 5.76 Å². The third-order valence-corrected chi connectivity index (χ3v) is 2.96. The van der Waals surface area contributed by atoms with Gasteiger partial charge in [0.05, 0.1) is 17.3 Å². The lowest BCUT2D eigenvalue weighted by Gasteiger charge is -2.09. The number of benzene rings is 1. The van der Waals surface area contributed by atoms with Gasteiger partial charge < -0.3 is 14.5 Å². The Bertz CT molecular complexity index is 508. The standard InChI is InChI=1S/C13H12BrF2NO2/c14-11-6-9(15)7-12(16)13(11)19-5-3-17-8-10-2-1-4-18-10/h1-2,4,6-7,17H,3,5,8H2. The maximum absolute atomic E-state index is 13.4. The summed E-state index contributed by atoms with van der Waals surface area (Å²) in [7, 11) is 0. The van der Waals surface area contributed by atoms with Gasteiger partial charge in [0.25, 0.3) is 0 Å². The Hall–Kier alpha value is -1.40. The molecule has 19 heavy (non-hydrogen) atoms. The van der Waals surface area contributed by atoms with E-state index >= 15 is 0 Å². The minimum atomic E-state index is -0.724. The number of furan rings is 1. The Morgan fingerprint density at radius 3 is 2.84 bits per heavy atom. The fourth-order valence-corrected chi connectivity index (χ4v) is 2.04. The summed E-state index contributed by atoms with van der Waals surface area (Å²) >= 11 is 3.06. The molecule has 0 fully saturated rings. The zero-order chi connectivity index (χ0) is 13.7. The molecule has 2 rings (SSSR count). The number of hydrogen-bond acceptors (Lipinski definition) is 3. The highest BCUT2D eigenvalue weighted by molar-refractivity contribution is 9.10. The number of nitrogens with one attached hydrogen (secondary N) is 1. The van der Waals surface area contributed by atoms with E-state index in [4.69, 9.17) is 9.15 Å². The van der Waals surface area contributed by atoms with E-state index in [1.165, 1.54) is 0 Å². The molecule has 1 aromatic heterocycles. The normalized spacial score (nSPS) is 10.7. The van der Waals surface area contributed by atoms with Crippen molar-refractivity contribution >= 4 is 15.9 Å². The van der Waals surface area contributed by atoms with Crippen LogP contribution in [0.4, 0.5) is 8.78 Å². The van der Waals surface area contributed by atoms with E-state index < -0.39 is 11.6 Å². The molecule has 1 heterocycles. The zero-order valence-electron chi connectivity index (χ0n) is 9.96. The van der Waals surface area contributed by atoms with Crippen molar-refractivity contribution < 1.29 is 17.9 Å². The molecular formula is C13H12BrF2NO2. The van der Waals surface area contributed by atoms with Gasteiger partial charge in [0.15, 0.2) is 11.6 Å². The van der Waals surface area contributed by atoms with Crippen molar-refractivity contribution in [3.05, 3.63) is 52.4 Å². The van der Waals surface area contributed by atoms with Crippen LogP contribution in [-0.2, 0) is 6.54 Å². The van der Waals surface area contributed by atoms with Crippen molar-refractivity contribution in [3.63, 3.8) is 0 Å². The second-order valence-corrected chi connectivity index (χ2v) is 4.66. The summed E-state index contributed by atoms with van der Waals surface area (Å²) in [5.74, 6) is -0.541. The van der Waals surface area contributed by atoms with Crippen LogP contribution in [0.25, 0.3) is 0 Å². The lowest BCUT2D eigenvalue weighted by atomic mass is 10.3. The van der Waals surface area contributed by atoms with E-state index in [2.05, 4.69) is 21.2 Å². The summed E-state index contributed by atoms with van der Waals surface area (Å²) in [6.07, 6.45) is 1.60. The van der Waals surface area contributed by atoms with Gasteiger partial charge in [-0.2, -0.15) is 0 Å². The second kappa shape index (κ2) is 6.68. The van der Waals surface area contributed by atoms with Crippen LogP contribution in [0.2, 0.25) is 0 Å². The van der Waals surface area contributed by atoms with Crippen molar-refractivity contribution in [2.75, 3.05) is 13.2 Å². The molecule has 102 valence electrons. The van der Waals surface area contributed by atoms with E-state index in [0.29, 0.717) is 13.1 Å². The number of ether oxygens (including phenoxy) is 1. The van der Waals surface area contributed by atoms with Gasteiger partial charge in [0, 0.05) is 12.6 Å². The molecule has 0 saturated heterocycles. The second-order valence-electron chi connectivity index (χ2n) is 3.80. The Morgan fingerprint density at radius 1 is 1.32 bits per heavy atom. The van der Waals surface area contributed by atoms with Gasteiger partial charge in [0.1, 0.15) is 18.2 Å². The molecule has 0 aliphatic heterocycles. The molecule has 0 saturated carbocycles. The summed E-state index contributed by atoms with van der Waals surface area (Å²) < 4.78 is 36.9. The molecule has 3 nitrogen and oxygen atoms in total. The predicted octanol–water partition coefficient (Wildman–Crippen LogP) is 3.49. The lowest BCUT2D eigenvalue weighted by Crippen LogP contribution is -2.20. The molecule has 0 aliphatic carbocycles. The van der Waals surface area contributed by atoms with Crippen molar-refractivity contribution in [1.29, 1.82) is 0 Å². The molecule has 0 atom stereocenters. The average molecular weight is 332 g/mol. The minimum absolute atomic E-state index is 0.0150. The smallest absolute Gasteiger partial charge is 0.169 e. The summed E-state index contributed by atoms with van der Waals surface area (Å²) in [6, 6.07) is 5.60.